The monoisotopic (exact) mass is 1360 g/mol. The van der Waals surface area contributed by atoms with Gasteiger partial charge in [-0.3, -0.25) is 28.8 Å². The molecule has 0 radical (unpaired) electrons. The molecule has 7 aliphatic carbocycles. The van der Waals surface area contributed by atoms with Gasteiger partial charge in [-0.15, -0.1) is 0 Å². The maximum absolute atomic E-state index is 16.6. The first-order valence-corrected chi connectivity index (χ1v) is 35.5. The van der Waals surface area contributed by atoms with Crippen molar-refractivity contribution in [3.63, 3.8) is 0 Å². The lowest BCUT2D eigenvalue weighted by atomic mass is 9.44. The van der Waals surface area contributed by atoms with E-state index >= 15 is 4.79 Å². The summed E-state index contributed by atoms with van der Waals surface area (Å²) in [4.78, 5) is 115. The predicted octanol–water partition coefficient (Wildman–Crippen LogP) is 11.5. The smallest absolute Gasteiger partial charge is 0.338 e. The number of Topliss-reactive ketones (excluding diaryl/α,β-unsaturated/α-hetero) is 1. The molecule has 0 aromatic heterocycles. The zero-order valence-electron chi connectivity index (χ0n) is 58.2. The number of ketones is 1. The molecular formula is C80H97NO18. The van der Waals surface area contributed by atoms with Gasteiger partial charge >= 0.3 is 35.8 Å². The Balaban J connectivity index is 0.839. The summed E-state index contributed by atoms with van der Waals surface area (Å²) in [6.45, 7) is 16.9. The first kappa shape index (κ1) is 72.4. The Labute approximate surface area is 580 Å². The summed E-state index contributed by atoms with van der Waals surface area (Å²) in [5, 5.41) is 39.6. The van der Waals surface area contributed by atoms with E-state index in [0.717, 1.165) is 89.2 Å². The second kappa shape index (κ2) is 29.4. The first-order chi connectivity index (χ1) is 47.1. The van der Waals surface area contributed by atoms with E-state index in [1.165, 1.54) is 31.6 Å². The van der Waals surface area contributed by atoms with E-state index in [0.29, 0.717) is 17.4 Å². The average Bonchev–Trinajstić information content (AvgIpc) is 1.17. The van der Waals surface area contributed by atoms with E-state index in [-0.39, 0.29) is 71.6 Å². The number of carbonyl (C=O) groups is 8. The maximum atomic E-state index is 16.6. The van der Waals surface area contributed by atoms with E-state index < -0.39 is 143 Å². The molecule has 4 N–H and O–H groups in total. The molecule has 1 saturated heterocycles. The van der Waals surface area contributed by atoms with Crippen molar-refractivity contribution in [2.24, 2.45) is 45.8 Å². The van der Waals surface area contributed by atoms with Crippen LogP contribution in [0.25, 0.3) is 0 Å². The number of hydrogen-bond donors (Lipinski definition) is 4. The lowest BCUT2D eigenvalue weighted by Gasteiger charge is -2.67. The van der Waals surface area contributed by atoms with E-state index in [4.69, 9.17) is 33.2 Å². The topological polar surface area (TPSA) is 274 Å². The van der Waals surface area contributed by atoms with Crippen molar-refractivity contribution in [3.05, 3.63) is 166 Å². The summed E-state index contributed by atoms with van der Waals surface area (Å²) in [6.07, 6.45) is 7.25. The van der Waals surface area contributed by atoms with Crippen LogP contribution in [0, 0.1) is 45.8 Å². The molecule has 19 heteroatoms. The molecule has 8 aliphatic rings. The second-order valence-corrected chi connectivity index (χ2v) is 30.0. The third-order valence-corrected chi connectivity index (χ3v) is 23.6. The minimum atomic E-state index is -2.51. The summed E-state index contributed by atoms with van der Waals surface area (Å²) >= 11 is 0. The van der Waals surface area contributed by atoms with Crippen LogP contribution in [0.5, 0.6) is 0 Å². The van der Waals surface area contributed by atoms with Crippen molar-refractivity contribution >= 4 is 47.5 Å². The molecular weight excluding hydrogens is 1260 g/mol. The minimum absolute atomic E-state index is 0.0113. The minimum Gasteiger partial charge on any atom is -0.461 e. The Morgan fingerprint density at radius 2 is 1.42 bits per heavy atom. The van der Waals surface area contributed by atoms with E-state index in [2.05, 4.69) is 50.0 Å². The van der Waals surface area contributed by atoms with Crippen molar-refractivity contribution in [2.75, 3.05) is 6.61 Å². The number of aliphatic hydroxyl groups excluding tert-OH is 2. The fourth-order valence-electron chi connectivity index (χ4n) is 18.0. The third kappa shape index (κ3) is 14.3. The van der Waals surface area contributed by atoms with Gasteiger partial charge in [-0.25, -0.2) is 9.59 Å². The Bertz CT molecular complexity index is 3700. The van der Waals surface area contributed by atoms with Crippen LogP contribution in [-0.2, 0) is 61.9 Å². The quantitative estimate of drug-likeness (QED) is 0.0315. The summed E-state index contributed by atoms with van der Waals surface area (Å²) in [5.74, 6) is -6.99. The molecule has 3 aromatic rings. The summed E-state index contributed by atoms with van der Waals surface area (Å²) in [5.41, 5.74) is -4.10. The molecule has 0 spiro atoms. The van der Waals surface area contributed by atoms with Crippen LogP contribution in [0.1, 0.15) is 190 Å². The number of hydrogen-bond acceptors (Lipinski definition) is 18. The molecule has 1 amide bonds. The maximum Gasteiger partial charge on any atom is 0.338 e. The van der Waals surface area contributed by atoms with Gasteiger partial charge in [0.15, 0.2) is 23.6 Å². The van der Waals surface area contributed by atoms with Crippen molar-refractivity contribution < 1.29 is 86.8 Å². The number of esters is 6. The first-order valence-electron chi connectivity index (χ1n) is 35.5. The van der Waals surface area contributed by atoms with Gasteiger partial charge in [0.25, 0.3) is 5.91 Å². The van der Waals surface area contributed by atoms with Crippen LogP contribution in [0.3, 0.4) is 0 Å². The molecule has 1 heterocycles. The second-order valence-electron chi connectivity index (χ2n) is 30.0. The van der Waals surface area contributed by atoms with Gasteiger partial charge in [0.05, 0.1) is 35.6 Å². The number of nitrogens with one attached hydrogen (secondary N) is 1. The van der Waals surface area contributed by atoms with Crippen LogP contribution in [0.4, 0.5) is 0 Å². The van der Waals surface area contributed by atoms with Crippen molar-refractivity contribution in [1.29, 1.82) is 0 Å². The molecule has 14 unspecified atom stereocenters. The Kier molecular flexibility index (Phi) is 21.5. The van der Waals surface area contributed by atoms with Gasteiger partial charge in [-0.05, 0) is 178 Å². The van der Waals surface area contributed by atoms with Crippen LogP contribution in [-0.4, -0.2) is 129 Å². The summed E-state index contributed by atoms with van der Waals surface area (Å²) in [7, 11) is 0. The highest BCUT2D eigenvalue weighted by molar-refractivity contribution is 5.96. The van der Waals surface area contributed by atoms with Crippen LogP contribution in [0.15, 0.2) is 150 Å². The molecule has 530 valence electrons. The van der Waals surface area contributed by atoms with Gasteiger partial charge in [0.1, 0.15) is 36.1 Å². The van der Waals surface area contributed by atoms with Crippen LogP contribution >= 0.6 is 0 Å². The highest BCUT2D eigenvalue weighted by atomic mass is 16.6. The lowest BCUT2D eigenvalue weighted by Crippen LogP contribution is -2.82. The summed E-state index contributed by atoms with van der Waals surface area (Å²) < 4.78 is 44.2. The number of carbonyl (C=O) groups excluding carboxylic acids is 8. The molecule has 99 heavy (non-hydrogen) atoms. The van der Waals surface area contributed by atoms with Crippen molar-refractivity contribution in [3.8, 4) is 0 Å². The van der Waals surface area contributed by atoms with E-state index in [9.17, 15) is 48.9 Å². The molecule has 6 saturated carbocycles. The largest absolute Gasteiger partial charge is 0.461 e. The average molecular weight is 1360 g/mol. The Hall–Kier alpha value is -7.84. The SMILES string of the molecule is C=C1/C(=C\C=C2/CCC[C@@]3(C)C2CCC3[C@@H](C)/C=C/C(OC(=O)CCCCC(=O)OC2CC3OCC3(OC(C)=O)C3C(OC(=O)c4ccccc4)C4(O)CC(OC(=O)C(O)C(NC(=O)c5ccccc5)c5ccccc5)C(C)=C(C(OC(C)=O)C(=O)C23C)C4(C)C)C2CC2)CCC[C@@H]1O. The fourth-order valence-corrected chi connectivity index (χ4v) is 18.0. The zero-order valence-corrected chi connectivity index (χ0v) is 58.2. The molecule has 2 bridgehead atoms. The number of amides is 1. The van der Waals surface area contributed by atoms with Crippen LogP contribution < -0.4 is 5.32 Å². The number of rotatable bonds is 22. The van der Waals surface area contributed by atoms with Gasteiger partial charge in [0, 0.05) is 50.5 Å². The normalized spacial score (nSPS) is 32.8. The number of aliphatic hydroxyl groups is 3. The Morgan fingerprint density at radius 1 is 0.768 bits per heavy atom. The molecule has 19 nitrogen and oxygen atoms in total. The molecule has 17 atom stereocenters. The lowest BCUT2D eigenvalue weighted by molar-refractivity contribution is -0.346. The number of fused-ring (bicyclic) bond motifs is 6. The van der Waals surface area contributed by atoms with E-state index in [1.54, 1.807) is 92.7 Å². The fraction of sp³-hybridized carbons (Fsp3) is 0.550. The number of unbranched alkanes of at least 4 members (excludes halogenated alkanes) is 1. The molecule has 3 aromatic carbocycles. The highest BCUT2D eigenvalue weighted by Crippen LogP contribution is 2.66. The summed E-state index contributed by atoms with van der Waals surface area (Å²) in [6, 6.07) is 22.9. The van der Waals surface area contributed by atoms with E-state index in [1.807, 2.05) is 0 Å². The molecule has 11 rings (SSSR count). The standard InChI is InChI=1S/C80H97NO18/c1-46(57-39-40-58-52(30-22-42-77(57,58)8)36-35-51-29-21-31-59(84)47(51)2)34-41-60(53-37-38-53)95-64(85)32-19-20-33-65(86)97-62-43-63-79(45-93-63,99-50(5)83)70-72(98-74(90)56-27-17-12-18-28-56)80(92)44-61(48(3)66(76(80,6)7)69(94-49(4)82)71(88)78(62,70)9)96-75(91)68(87)67(54-23-13-10-14-24-54)81-73(89)55-25-15-11-16-26-55/h10-18,23-28,34-36,41,46,53,57-63,67-70,72,84,87,92H,2,19-22,29-33,37-40,42-45H2,1,3-9H3,(H,81,89)/b41-34+,51-35-,52-36+/t46-,57?,58?,59-,60?,61?,62?,63?,67?,68?,69?,70?,72?,77+,78?,79?,80?/m0/s1. The number of allylic oxidation sites excluding steroid dienone is 4. The number of ether oxygens (including phenoxy) is 7. The molecule has 1 aliphatic heterocycles. The van der Waals surface area contributed by atoms with Gasteiger partial charge in [0.2, 0.25) is 0 Å². The van der Waals surface area contributed by atoms with Crippen LogP contribution in [0.2, 0.25) is 0 Å². The Morgan fingerprint density at radius 3 is 2.06 bits per heavy atom. The predicted molar refractivity (Wildman–Crippen MR) is 364 cm³/mol. The van der Waals surface area contributed by atoms with Gasteiger partial charge < -0.3 is 53.8 Å². The molecule has 7 fully saturated rings. The number of benzene rings is 3. The highest BCUT2D eigenvalue weighted by Gasteiger charge is 2.79. The zero-order chi connectivity index (χ0) is 70.9. The van der Waals surface area contributed by atoms with Gasteiger partial charge in [-0.1, -0.05) is 125 Å². The van der Waals surface area contributed by atoms with Crippen molar-refractivity contribution in [2.45, 2.75) is 224 Å². The van der Waals surface area contributed by atoms with Gasteiger partial charge in [-0.2, -0.15) is 0 Å². The van der Waals surface area contributed by atoms with Crippen molar-refractivity contribution in [1.82, 2.24) is 5.32 Å². The third-order valence-electron chi connectivity index (χ3n) is 23.6.